The molecule has 0 aliphatic heterocycles. The van der Waals surface area contributed by atoms with Crippen LogP contribution < -0.4 is 5.32 Å². The lowest BCUT2D eigenvalue weighted by Gasteiger charge is -2.20. The van der Waals surface area contributed by atoms with Crippen LogP contribution in [0, 0.1) is 5.92 Å². The summed E-state index contributed by atoms with van der Waals surface area (Å²) in [6.45, 7) is 0. The van der Waals surface area contributed by atoms with E-state index < -0.39 is 0 Å². The molecule has 98 valence electrons. The zero-order chi connectivity index (χ0) is 12.4. The molecule has 0 bridgehead atoms. The second-order valence-corrected chi connectivity index (χ2v) is 6.47. The second kappa shape index (κ2) is 5.39. The number of anilines is 1. The van der Waals surface area contributed by atoms with Crippen molar-refractivity contribution >= 4 is 22.4 Å². The number of carbonyl (C=O) groups is 1. The van der Waals surface area contributed by atoms with Gasteiger partial charge in [0.2, 0.25) is 5.91 Å². The number of nitrogens with zero attached hydrogens (tertiary/aromatic N) is 1. The molecule has 2 aliphatic carbocycles. The van der Waals surface area contributed by atoms with E-state index in [1.807, 2.05) is 0 Å². The van der Waals surface area contributed by atoms with E-state index in [0.29, 0.717) is 18.3 Å². The minimum absolute atomic E-state index is 0.151. The van der Waals surface area contributed by atoms with E-state index in [1.54, 1.807) is 11.3 Å². The van der Waals surface area contributed by atoms with Gasteiger partial charge in [-0.15, -0.1) is 11.3 Å². The topological polar surface area (TPSA) is 42.0 Å². The van der Waals surface area contributed by atoms with Crippen LogP contribution in [0.5, 0.6) is 0 Å². The van der Waals surface area contributed by atoms with Gasteiger partial charge in [-0.05, 0) is 31.6 Å². The van der Waals surface area contributed by atoms with Crippen LogP contribution in [0.4, 0.5) is 5.13 Å². The van der Waals surface area contributed by atoms with Gasteiger partial charge in [-0.1, -0.05) is 19.3 Å². The maximum Gasteiger partial charge on any atom is 0.226 e. The third kappa shape index (κ3) is 3.10. The van der Waals surface area contributed by atoms with Gasteiger partial charge in [0.1, 0.15) is 0 Å². The number of nitrogens with one attached hydrogen (secondary N) is 1. The van der Waals surface area contributed by atoms with Crippen molar-refractivity contribution in [3.8, 4) is 0 Å². The number of aromatic nitrogens is 1. The standard InChI is InChI=1S/C14H20N2OS/c17-13(8-10-4-2-1-3-5-10)16-14-15-12(9-18-14)11-6-7-11/h9-11H,1-8H2,(H,15,16,17). The fraction of sp³-hybridized carbons (Fsp3) is 0.714. The number of carbonyl (C=O) groups excluding carboxylic acids is 1. The molecule has 0 saturated heterocycles. The van der Waals surface area contributed by atoms with Gasteiger partial charge >= 0.3 is 0 Å². The van der Waals surface area contributed by atoms with Crippen LogP contribution in [-0.2, 0) is 4.79 Å². The van der Waals surface area contributed by atoms with E-state index in [4.69, 9.17) is 0 Å². The van der Waals surface area contributed by atoms with Crippen molar-refractivity contribution in [3.63, 3.8) is 0 Å². The Bertz CT molecular complexity index is 419. The lowest BCUT2D eigenvalue weighted by atomic mass is 9.87. The molecule has 4 heteroatoms. The van der Waals surface area contributed by atoms with E-state index in [1.165, 1.54) is 50.6 Å². The summed E-state index contributed by atoms with van der Waals surface area (Å²) in [4.78, 5) is 16.4. The summed E-state index contributed by atoms with van der Waals surface area (Å²) in [5, 5.41) is 5.84. The molecule has 1 aromatic heterocycles. The van der Waals surface area contributed by atoms with Crippen molar-refractivity contribution in [1.29, 1.82) is 0 Å². The van der Waals surface area contributed by atoms with Gasteiger partial charge in [0.05, 0.1) is 5.69 Å². The first-order chi connectivity index (χ1) is 8.81. The predicted molar refractivity (Wildman–Crippen MR) is 73.9 cm³/mol. The highest BCUT2D eigenvalue weighted by molar-refractivity contribution is 7.13. The molecule has 0 aromatic carbocycles. The van der Waals surface area contributed by atoms with Crippen LogP contribution in [0.25, 0.3) is 0 Å². The number of hydrogen-bond donors (Lipinski definition) is 1. The fourth-order valence-corrected chi connectivity index (χ4v) is 3.54. The first-order valence-electron chi connectivity index (χ1n) is 7.06. The zero-order valence-electron chi connectivity index (χ0n) is 10.7. The Morgan fingerprint density at radius 1 is 1.28 bits per heavy atom. The van der Waals surface area contributed by atoms with Crippen molar-refractivity contribution < 1.29 is 4.79 Å². The minimum Gasteiger partial charge on any atom is -0.302 e. The Balaban J connectivity index is 1.49. The van der Waals surface area contributed by atoms with Crippen LogP contribution in [0.3, 0.4) is 0 Å². The average Bonchev–Trinajstić information content (AvgIpc) is 3.12. The number of thiazole rings is 1. The quantitative estimate of drug-likeness (QED) is 0.895. The lowest BCUT2D eigenvalue weighted by Crippen LogP contribution is -2.18. The smallest absolute Gasteiger partial charge is 0.226 e. The van der Waals surface area contributed by atoms with Crippen molar-refractivity contribution in [2.24, 2.45) is 5.92 Å². The second-order valence-electron chi connectivity index (χ2n) is 5.61. The maximum atomic E-state index is 11.9. The number of rotatable bonds is 4. The predicted octanol–water partition coefficient (Wildman–Crippen LogP) is 3.93. The highest BCUT2D eigenvalue weighted by atomic mass is 32.1. The Kier molecular flexibility index (Phi) is 3.64. The molecule has 0 unspecified atom stereocenters. The molecule has 1 heterocycles. The fourth-order valence-electron chi connectivity index (χ4n) is 2.73. The molecule has 1 amide bonds. The monoisotopic (exact) mass is 264 g/mol. The van der Waals surface area contributed by atoms with Gasteiger partial charge in [0, 0.05) is 17.7 Å². The molecule has 3 nitrogen and oxygen atoms in total. The van der Waals surface area contributed by atoms with Crippen molar-refractivity contribution in [2.45, 2.75) is 57.3 Å². The highest BCUT2D eigenvalue weighted by Gasteiger charge is 2.26. The lowest BCUT2D eigenvalue weighted by molar-refractivity contribution is -0.117. The van der Waals surface area contributed by atoms with E-state index >= 15 is 0 Å². The molecule has 2 aliphatic rings. The molecule has 0 radical (unpaired) electrons. The zero-order valence-corrected chi connectivity index (χ0v) is 11.5. The van der Waals surface area contributed by atoms with Crippen molar-refractivity contribution in [1.82, 2.24) is 4.98 Å². The Labute approximate surface area is 112 Å². The van der Waals surface area contributed by atoms with Crippen molar-refractivity contribution in [2.75, 3.05) is 5.32 Å². The summed E-state index contributed by atoms with van der Waals surface area (Å²) in [6, 6.07) is 0. The third-order valence-corrected chi connectivity index (χ3v) is 4.74. The molecule has 2 fully saturated rings. The van der Waals surface area contributed by atoms with Crippen LogP contribution in [0.2, 0.25) is 0 Å². The number of amides is 1. The molecule has 1 aromatic rings. The minimum atomic E-state index is 0.151. The maximum absolute atomic E-state index is 11.9. The van der Waals surface area contributed by atoms with Gasteiger partial charge in [-0.3, -0.25) is 4.79 Å². The van der Waals surface area contributed by atoms with E-state index in [2.05, 4.69) is 15.7 Å². The molecule has 1 N–H and O–H groups in total. The Hall–Kier alpha value is -0.900. The molecule has 18 heavy (non-hydrogen) atoms. The van der Waals surface area contributed by atoms with Gasteiger partial charge in [0.15, 0.2) is 5.13 Å². The van der Waals surface area contributed by atoms with E-state index in [9.17, 15) is 4.79 Å². The van der Waals surface area contributed by atoms with Crippen LogP contribution in [-0.4, -0.2) is 10.9 Å². The van der Waals surface area contributed by atoms with Gasteiger partial charge < -0.3 is 5.32 Å². The molecular weight excluding hydrogens is 244 g/mol. The van der Waals surface area contributed by atoms with Crippen LogP contribution in [0.15, 0.2) is 5.38 Å². The molecule has 3 rings (SSSR count). The summed E-state index contributed by atoms with van der Waals surface area (Å²) in [6.07, 6.45) is 9.57. The summed E-state index contributed by atoms with van der Waals surface area (Å²) < 4.78 is 0. The van der Waals surface area contributed by atoms with Crippen LogP contribution in [0.1, 0.15) is 63.0 Å². The third-order valence-electron chi connectivity index (χ3n) is 3.96. The molecule has 2 saturated carbocycles. The Morgan fingerprint density at radius 2 is 2.06 bits per heavy atom. The molecular formula is C14H20N2OS. The summed E-state index contributed by atoms with van der Waals surface area (Å²) in [5.74, 6) is 1.42. The summed E-state index contributed by atoms with van der Waals surface area (Å²) in [7, 11) is 0. The molecule has 0 spiro atoms. The van der Waals surface area contributed by atoms with E-state index in [0.717, 1.165) is 5.13 Å². The van der Waals surface area contributed by atoms with Crippen molar-refractivity contribution in [3.05, 3.63) is 11.1 Å². The normalized spacial score (nSPS) is 20.9. The first kappa shape index (κ1) is 12.2. The van der Waals surface area contributed by atoms with Gasteiger partial charge in [-0.25, -0.2) is 4.98 Å². The summed E-state index contributed by atoms with van der Waals surface area (Å²) in [5.41, 5.74) is 1.17. The largest absolute Gasteiger partial charge is 0.302 e. The van der Waals surface area contributed by atoms with Crippen LogP contribution >= 0.6 is 11.3 Å². The Morgan fingerprint density at radius 3 is 2.78 bits per heavy atom. The first-order valence-corrected chi connectivity index (χ1v) is 7.94. The average molecular weight is 264 g/mol. The van der Waals surface area contributed by atoms with E-state index in [-0.39, 0.29) is 5.91 Å². The number of hydrogen-bond acceptors (Lipinski definition) is 3. The highest BCUT2D eigenvalue weighted by Crippen LogP contribution is 2.40. The SMILES string of the molecule is O=C(CC1CCCCC1)Nc1nc(C2CC2)cs1. The molecule has 0 atom stereocenters. The van der Waals surface area contributed by atoms with Gasteiger partial charge in [0.25, 0.3) is 0 Å². The summed E-state index contributed by atoms with van der Waals surface area (Å²) >= 11 is 1.57. The van der Waals surface area contributed by atoms with Gasteiger partial charge in [-0.2, -0.15) is 0 Å².